The van der Waals surface area contributed by atoms with Crippen molar-refractivity contribution in [3.05, 3.63) is 117 Å². The van der Waals surface area contributed by atoms with E-state index in [-0.39, 0.29) is 31.4 Å². The molecule has 200 valence electrons. The Morgan fingerprint density at radius 1 is 1.21 bits per heavy atom. The summed E-state index contributed by atoms with van der Waals surface area (Å²) in [6, 6.07) is 21.9. The van der Waals surface area contributed by atoms with E-state index in [1.807, 2.05) is 24.3 Å². The van der Waals surface area contributed by atoms with Gasteiger partial charge in [-0.05, 0) is 47.5 Å². The van der Waals surface area contributed by atoms with Gasteiger partial charge in [-0.25, -0.2) is 4.99 Å². The van der Waals surface area contributed by atoms with Gasteiger partial charge in [-0.1, -0.05) is 63.5 Å². The minimum absolute atomic E-state index is 0.0514. The van der Waals surface area contributed by atoms with Crippen molar-refractivity contribution in [1.29, 1.82) is 0 Å². The van der Waals surface area contributed by atoms with Gasteiger partial charge in [-0.2, -0.15) is 0 Å². The van der Waals surface area contributed by atoms with Crippen LogP contribution in [0.15, 0.2) is 100 Å². The van der Waals surface area contributed by atoms with Gasteiger partial charge in [-0.3, -0.25) is 4.79 Å². The quantitative estimate of drug-likeness (QED) is 0.0888. The molecule has 3 aromatic rings. The highest BCUT2D eigenvalue weighted by atomic mass is 79.9. The lowest BCUT2D eigenvalue weighted by molar-refractivity contribution is -0.128. The molecule has 4 rings (SSSR count). The van der Waals surface area contributed by atoms with Crippen molar-refractivity contribution in [2.45, 2.75) is 24.5 Å². The average Bonchev–Trinajstić information content (AvgIpc) is 3.34. The third-order valence-corrected chi connectivity index (χ3v) is 6.72. The van der Waals surface area contributed by atoms with Crippen LogP contribution in [0.2, 0.25) is 0 Å². The van der Waals surface area contributed by atoms with Gasteiger partial charge >= 0.3 is 0 Å². The van der Waals surface area contributed by atoms with Crippen molar-refractivity contribution >= 4 is 33.4 Å². The van der Waals surface area contributed by atoms with Crippen LogP contribution in [0.4, 0.5) is 5.69 Å². The molecule has 9 nitrogen and oxygen atoms in total. The number of ether oxygens (including phenoxy) is 2. The Balaban J connectivity index is 1.82. The molecule has 0 aliphatic carbocycles. The third-order valence-electron chi connectivity index (χ3n) is 6.20. The van der Waals surface area contributed by atoms with Gasteiger partial charge in [-0.15, -0.1) is 6.58 Å². The second-order valence-electron chi connectivity index (χ2n) is 8.84. The van der Waals surface area contributed by atoms with E-state index in [1.165, 1.54) is 0 Å². The van der Waals surface area contributed by atoms with Gasteiger partial charge in [0.2, 0.25) is 5.90 Å². The smallest absolute Gasteiger partial charge is 0.252 e. The molecule has 39 heavy (non-hydrogen) atoms. The SMILES string of the molecule is C=CCNC(=O)[C@]1(Cc2ccc(Br)cc2)N=C(c2ccc(OCCCO)cc2)O[C@@H]1c1ccccc1N=[N+]=[N-]. The summed E-state index contributed by atoms with van der Waals surface area (Å²) >= 11 is 3.46. The zero-order valence-corrected chi connectivity index (χ0v) is 22.8. The maximum absolute atomic E-state index is 13.9. The fourth-order valence-electron chi connectivity index (χ4n) is 4.34. The topological polar surface area (TPSA) is 129 Å². The third kappa shape index (κ3) is 6.49. The van der Waals surface area contributed by atoms with Crippen LogP contribution in [-0.4, -0.2) is 42.2 Å². The number of aliphatic hydroxyl groups is 1. The highest BCUT2D eigenvalue weighted by Crippen LogP contribution is 2.45. The molecule has 3 aromatic carbocycles. The lowest BCUT2D eigenvalue weighted by Gasteiger charge is -2.31. The Hall–Kier alpha value is -4.11. The molecular weight excluding hydrogens is 562 g/mol. The van der Waals surface area contributed by atoms with Crippen molar-refractivity contribution in [3.8, 4) is 5.75 Å². The van der Waals surface area contributed by atoms with Crippen LogP contribution >= 0.6 is 15.9 Å². The molecule has 0 saturated heterocycles. The molecule has 0 fully saturated rings. The molecule has 0 bridgehead atoms. The van der Waals surface area contributed by atoms with Crippen LogP contribution in [0.25, 0.3) is 10.4 Å². The number of amides is 1. The molecule has 0 aromatic heterocycles. The molecule has 1 amide bonds. The second-order valence-corrected chi connectivity index (χ2v) is 9.75. The number of halogens is 1. The molecule has 0 spiro atoms. The van der Waals surface area contributed by atoms with E-state index in [4.69, 9.17) is 19.6 Å². The molecule has 0 saturated carbocycles. The number of carbonyl (C=O) groups excluding carboxylic acids is 1. The fraction of sp³-hybridized carbons (Fsp3) is 0.241. The summed E-state index contributed by atoms with van der Waals surface area (Å²) in [5.41, 5.74) is 10.2. The molecule has 2 N–H and O–H groups in total. The highest BCUT2D eigenvalue weighted by molar-refractivity contribution is 9.10. The number of aliphatic hydroxyl groups excluding tert-OH is 1. The Labute approximate surface area is 234 Å². The lowest BCUT2D eigenvalue weighted by atomic mass is 9.81. The largest absolute Gasteiger partial charge is 0.494 e. The highest BCUT2D eigenvalue weighted by Gasteiger charge is 2.53. The number of azide groups is 1. The fourth-order valence-corrected chi connectivity index (χ4v) is 4.60. The number of aliphatic imine (C=N–C) groups is 1. The van der Waals surface area contributed by atoms with Gasteiger partial charge in [0.25, 0.3) is 5.91 Å². The van der Waals surface area contributed by atoms with Gasteiger partial charge < -0.3 is 19.9 Å². The number of nitrogens with one attached hydrogen (secondary N) is 1. The first-order chi connectivity index (χ1) is 19.0. The van der Waals surface area contributed by atoms with Crippen LogP contribution in [0.3, 0.4) is 0 Å². The average molecular weight is 590 g/mol. The molecule has 1 aliphatic rings. The van der Waals surface area contributed by atoms with Crippen LogP contribution < -0.4 is 10.1 Å². The first-order valence-electron chi connectivity index (χ1n) is 12.4. The maximum atomic E-state index is 13.9. The summed E-state index contributed by atoms with van der Waals surface area (Å²) in [5, 5.41) is 15.8. The Morgan fingerprint density at radius 2 is 1.95 bits per heavy atom. The van der Waals surface area contributed by atoms with Crippen LogP contribution in [-0.2, 0) is 16.0 Å². The van der Waals surface area contributed by atoms with Crippen LogP contribution in [0.5, 0.6) is 5.75 Å². The number of nitrogens with zero attached hydrogens (tertiary/aromatic N) is 4. The van der Waals surface area contributed by atoms with Crippen molar-refractivity contribution in [2.24, 2.45) is 10.1 Å². The summed E-state index contributed by atoms with van der Waals surface area (Å²) in [4.78, 5) is 21.9. The molecule has 1 heterocycles. The number of rotatable bonds is 12. The summed E-state index contributed by atoms with van der Waals surface area (Å²) in [5.74, 6) is 0.578. The van der Waals surface area contributed by atoms with Crippen LogP contribution in [0.1, 0.15) is 29.2 Å². The molecule has 0 unspecified atom stereocenters. The minimum atomic E-state index is -1.41. The predicted molar refractivity (Wildman–Crippen MR) is 153 cm³/mol. The summed E-state index contributed by atoms with van der Waals surface area (Å²) in [6.07, 6.45) is 1.47. The van der Waals surface area contributed by atoms with Crippen molar-refractivity contribution in [2.75, 3.05) is 19.8 Å². The van der Waals surface area contributed by atoms with E-state index in [9.17, 15) is 10.3 Å². The summed E-state index contributed by atoms with van der Waals surface area (Å²) in [7, 11) is 0. The Bertz CT molecular complexity index is 1390. The van der Waals surface area contributed by atoms with Gasteiger partial charge in [0, 0.05) is 52.2 Å². The maximum Gasteiger partial charge on any atom is 0.252 e. The second kappa shape index (κ2) is 13.1. The first kappa shape index (κ1) is 27.9. The van der Waals surface area contributed by atoms with Gasteiger partial charge in [0.1, 0.15) is 5.75 Å². The number of carbonyl (C=O) groups is 1. The zero-order chi connectivity index (χ0) is 27.7. The first-order valence-corrected chi connectivity index (χ1v) is 13.2. The van der Waals surface area contributed by atoms with Crippen molar-refractivity contribution < 1.29 is 19.4 Å². The van der Waals surface area contributed by atoms with E-state index in [0.29, 0.717) is 35.6 Å². The van der Waals surface area contributed by atoms with E-state index in [1.54, 1.807) is 54.6 Å². The van der Waals surface area contributed by atoms with E-state index < -0.39 is 11.6 Å². The molecular formula is C29H28BrN5O4. The van der Waals surface area contributed by atoms with Gasteiger partial charge in [0.15, 0.2) is 11.6 Å². The Morgan fingerprint density at radius 3 is 2.64 bits per heavy atom. The number of hydrogen-bond donors (Lipinski definition) is 2. The molecule has 2 atom stereocenters. The number of hydrogen-bond acceptors (Lipinski definition) is 6. The molecule has 10 heteroatoms. The molecule has 0 radical (unpaired) electrons. The lowest BCUT2D eigenvalue weighted by Crippen LogP contribution is -2.50. The standard InChI is InChI=1S/C29H28BrN5O4/c1-2-16-32-28(37)29(19-20-8-12-22(30)13-9-20)26(24-6-3-4-7-25(24)34-35-31)39-27(33-29)21-10-14-23(15-11-21)38-18-5-17-36/h2-4,6-15,26,36H,1,5,16-19H2,(H,32,37)/t26-,29-/m1/s1. The Kier molecular flexibility index (Phi) is 9.38. The van der Waals surface area contributed by atoms with Crippen molar-refractivity contribution in [3.63, 3.8) is 0 Å². The van der Waals surface area contributed by atoms with Gasteiger partial charge in [0.05, 0.1) is 6.61 Å². The number of benzene rings is 3. The normalized spacial score (nSPS) is 17.9. The summed E-state index contributed by atoms with van der Waals surface area (Å²) < 4.78 is 13.0. The van der Waals surface area contributed by atoms with E-state index in [2.05, 4.69) is 37.9 Å². The van der Waals surface area contributed by atoms with E-state index >= 15 is 0 Å². The van der Waals surface area contributed by atoms with Crippen molar-refractivity contribution in [1.82, 2.24) is 5.32 Å². The predicted octanol–water partition coefficient (Wildman–Crippen LogP) is 5.95. The monoisotopic (exact) mass is 589 g/mol. The van der Waals surface area contributed by atoms with E-state index in [0.717, 1.165) is 10.0 Å². The summed E-state index contributed by atoms with van der Waals surface area (Å²) in [6.45, 7) is 4.41. The minimum Gasteiger partial charge on any atom is -0.494 e. The zero-order valence-electron chi connectivity index (χ0n) is 21.2. The molecule has 1 aliphatic heterocycles. The van der Waals surface area contributed by atoms with Crippen LogP contribution in [0, 0.1) is 0 Å².